The Morgan fingerprint density at radius 1 is 1.69 bits per heavy atom. The molecular formula is C7H12N2O4. The van der Waals surface area contributed by atoms with Gasteiger partial charge in [0.15, 0.2) is 11.8 Å². The minimum absolute atomic E-state index is 0.0166. The van der Waals surface area contributed by atoms with Crippen LogP contribution in [0.3, 0.4) is 0 Å². The quantitative estimate of drug-likeness (QED) is 0.449. The fraction of sp³-hybridized carbons (Fsp3) is 0.857. The Balaban J connectivity index is 2.23. The molecule has 4 atom stereocenters. The molecule has 0 saturated carbocycles. The molecule has 0 aromatic carbocycles. The Bertz CT molecular complexity index is 257. The van der Waals surface area contributed by atoms with Crippen molar-refractivity contribution < 1.29 is 19.7 Å². The molecule has 0 bridgehead atoms. The maximum Gasteiger partial charge on any atom is 0.285 e. The predicted octanol–water partition coefficient (Wildman–Crippen LogP) is -1.83. The molecule has 1 fully saturated rings. The summed E-state index contributed by atoms with van der Waals surface area (Å²) in [7, 11) is 0. The van der Waals surface area contributed by atoms with E-state index in [0.29, 0.717) is 0 Å². The summed E-state index contributed by atoms with van der Waals surface area (Å²) in [6.07, 6.45) is -2.17. The summed E-state index contributed by atoms with van der Waals surface area (Å²) in [5.41, 5.74) is 4.39. The van der Waals surface area contributed by atoms with E-state index < -0.39 is 24.0 Å². The largest absolute Gasteiger partial charge is 0.451 e. The molecule has 2 heterocycles. The lowest BCUT2D eigenvalue weighted by molar-refractivity contribution is -0.0341. The Morgan fingerprint density at radius 3 is 2.92 bits per heavy atom. The number of aliphatic imine (C=N–C) groups is 1. The first-order valence-corrected chi connectivity index (χ1v) is 4.04. The Hall–Kier alpha value is -0.850. The molecule has 4 N–H and O–H groups in total. The molecule has 6 nitrogen and oxygen atoms in total. The molecule has 2 aliphatic rings. The third-order valence-electron chi connectivity index (χ3n) is 2.48. The molecule has 0 spiro atoms. The van der Waals surface area contributed by atoms with Crippen LogP contribution in [0, 0.1) is 0 Å². The maximum atomic E-state index is 9.70. The van der Waals surface area contributed by atoms with Crippen LogP contribution >= 0.6 is 0 Å². The maximum absolute atomic E-state index is 9.70. The molecule has 1 unspecified atom stereocenters. The van der Waals surface area contributed by atoms with Crippen LogP contribution in [0.15, 0.2) is 4.99 Å². The van der Waals surface area contributed by atoms with Crippen molar-refractivity contribution >= 4 is 6.02 Å². The van der Waals surface area contributed by atoms with Crippen LogP contribution in [0.5, 0.6) is 0 Å². The second kappa shape index (κ2) is 2.57. The number of hydrogen-bond acceptors (Lipinski definition) is 6. The van der Waals surface area contributed by atoms with Gasteiger partial charge in [0, 0.05) is 0 Å². The first-order chi connectivity index (χ1) is 6.08. The zero-order valence-electron chi connectivity index (χ0n) is 7.17. The summed E-state index contributed by atoms with van der Waals surface area (Å²) in [6.45, 7) is 1.40. The van der Waals surface area contributed by atoms with Crippen molar-refractivity contribution in [2.45, 2.75) is 31.0 Å². The smallest absolute Gasteiger partial charge is 0.285 e. The number of amidine groups is 1. The predicted molar refractivity (Wildman–Crippen MR) is 42.9 cm³/mol. The van der Waals surface area contributed by atoms with Gasteiger partial charge in [0.05, 0.1) is 6.61 Å². The number of fused-ring (bicyclic) bond motifs is 1. The van der Waals surface area contributed by atoms with Crippen molar-refractivity contribution in [1.82, 2.24) is 0 Å². The van der Waals surface area contributed by atoms with Crippen molar-refractivity contribution in [3.8, 4) is 0 Å². The van der Waals surface area contributed by atoms with Crippen LogP contribution in [0.25, 0.3) is 0 Å². The van der Waals surface area contributed by atoms with E-state index in [-0.39, 0.29) is 12.6 Å². The highest BCUT2D eigenvalue weighted by Crippen LogP contribution is 2.38. The van der Waals surface area contributed by atoms with Gasteiger partial charge in [-0.15, -0.1) is 0 Å². The van der Waals surface area contributed by atoms with Gasteiger partial charge in [-0.2, -0.15) is 4.99 Å². The van der Waals surface area contributed by atoms with Gasteiger partial charge < -0.3 is 25.4 Å². The number of aliphatic hydroxyl groups is 2. The number of nitrogens with two attached hydrogens (primary N) is 1. The third kappa shape index (κ3) is 1.03. The van der Waals surface area contributed by atoms with Gasteiger partial charge >= 0.3 is 0 Å². The SMILES string of the molecule is C[C@@]12OC(N)=NC1O[C@H](CO)[C@H]2O. The fourth-order valence-corrected chi connectivity index (χ4v) is 1.67. The number of hydrogen-bond donors (Lipinski definition) is 3. The van der Waals surface area contributed by atoms with E-state index in [1.165, 1.54) is 0 Å². The molecule has 74 valence electrons. The van der Waals surface area contributed by atoms with Crippen LogP contribution in [0.4, 0.5) is 0 Å². The first-order valence-electron chi connectivity index (χ1n) is 4.04. The van der Waals surface area contributed by atoms with Gasteiger partial charge in [0.1, 0.15) is 12.2 Å². The monoisotopic (exact) mass is 188 g/mol. The first kappa shape index (κ1) is 8.74. The summed E-state index contributed by atoms with van der Waals surface area (Å²) in [6, 6.07) is 0.0166. The number of ether oxygens (including phenoxy) is 2. The second-order valence-corrected chi connectivity index (χ2v) is 3.41. The van der Waals surface area contributed by atoms with E-state index in [1.807, 2.05) is 0 Å². The molecule has 6 heteroatoms. The number of rotatable bonds is 1. The zero-order chi connectivity index (χ0) is 9.64. The Morgan fingerprint density at radius 2 is 2.38 bits per heavy atom. The second-order valence-electron chi connectivity index (χ2n) is 3.41. The van der Waals surface area contributed by atoms with Crippen LogP contribution in [-0.2, 0) is 9.47 Å². The van der Waals surface area contributed by atoms with E-state index in [0.717, 1.165) is 0 Å². The van der Waals surface area contributed by atoms with Crippen molar-refractivity contribution in [3.63, 3.8) is 0 Å². The van der Waals surface area contributed by atoms with E-state index in [9.17, 15) is 5.11 Å². The molecule has 0 radical (unpaired) electrons. The lowest BCUT2D eigenvalue weighted by Crippen LogP contribution is -2.46. The minimum Gasteiger partial charge on any atom is -0.451 e. The lowest BCUT2D eigenvalue weighted by Gasteiger charge is -2.24. The minimum atomic E-state index is -0.947. The fourth-order valence-electron chi connectivity index (χ4n) is 1.67. The topological polar surface area (TPSA) is 97.3 Å². The molecule has 2 rings (SSSR count). The van der Waals surface area contributed by atoms with Gasteiger partial charge in [0.25, 0.3) is 6.02 Å². The average Bonchev–Trinajstić information content (AvgIpc) is 2.46. The van der Waals surface area contributed by atoms with Crippen LogP contribution in [0.1, 0.15) is 6.92 Å². The van der Waals surface area contributed by atoms with Gasteiger partial charge in [-0.3, -0.25) is 0 Å². The van der Waals surface area contributed by atoms with E-state index >= 15 is 0 Å². The normalized spacial score (nSPS) is 48.5. The summed E-state index contributed by atoms with van der Waals surface area (Å²) >= 11 is 0. The highest BCUT2D eigenvalue weighted by Gasteiger charge is 2.58. The van der Waals surface area contributed by atoms with Crippen molar-refractivity contribution in [1.29, 1.82) is 0 Å². The molecule has 0 aromatic rings. The summed E-state index contributed by atoms with van der Waals surface area (Å²) in [4.78, 5) is 3.85. The van der Waals surface area contributed by atoms with Crippen molar-refractivity contribution in [2.24, 2.45) is 10.7 Å². The van der Waals surface area contributed by atoms with Gasteiger partial charge in [0.2, 0.25) is 0 Å². The number of aliphatic hydroxyl groups excluding tert-OH is 2. The molecule has 0 amide bonds. The molecule has 1 saturated heterocycles. The van der Waals surface area contributed by atoms with E-state index in [2.05, 4.69) is 4.99 Å². The average molecular weight is 188 g/mol. The standard InChI is InChI=1S/C7H12N2O4/c1-7-4(11)3(2-10)12-5(7)9-6(8)13-7/h3-5,10-11H,2H2,1H3,(H2,8,9)/t3-,4-,5?,7+/m1/s1. The molecule has 13 heavy (non-hydrogen) atoms. The molecule has 2 aliphatic heterocycles. The van der Waals surface area contributed by atoms with Gasteiger partial charge in [-0.25, -0.2) is 0 Å². The molecule has 0 aromatic heterocycles. The van der Waals surface area contributed by atoms with Crippen LogP contribution in [-0.4, -0.2) is 46.9 Å². The summed E-state index contributed by atoms with van der Waals surface area (Å²) in [5.74, 6) is 0. The summed E-state index contributed by atoms with van der Waals surface area (Å²) in [5, 5.41) is 18.5. The van der Waals surface area contributed by atoms with Crippen molar-refractivity contribution in [3.05, 3.63) is 0 Å². The third-order valence-corrected chi connectivity index (χ3v) is 2.48. The van der Waals surface area contributed by atoms with Gasteiger partial charge in [-0.05, 0) is 6.92 Å². The summed E-state index contributed by atoms with van der Waals surface area (Å²) < 4.78 is 10.4. The highest BCUT2D eigenvalue weighted by molar-refractivity contribution is 5.74. The van der Waals surface area contributed by atoms with Crippen LogP contribution in [0.2, 0.25) is 0 Å². The van der Waals surface area contributed by atoms with Crippen LogP contribution < -0.4 is 5.73 Å². The Kier molecular flexibility index (Phi) is 1.73. The van der Waals surface area contributed by atoms with Gasteiger partial charge in [-0.1, -0.05) is 0 Å². The zero-order valence-corrected chi connectivity index (χ0v) is 7.17. The Labute approximate surface area is 75.0 Å². The lowest BCUT2D eigenvalue weighted by atomic mass is 9.97. The molecule has 0 aliphatic carbocycles. The van der Waals surface area contributed by atoms with E-state index in [4.69, 9.17) is 20.3 Å². The highest BCUT2D eigenvalue weighted by atomic mass is 16.6. The van der Waals surface area contributed by atoms with Crippen molar-refractivity contribution in [2.75, 3.05) is 6.61 Å². The number of nitrogens with zero attached hydrogens (tertiary/aromatic N) is 1. The molecular weight excluding hydrogens is 176 g/mol. The van der Waals surface area contributed by atoms with E-state index in [1.54, 1.807) is 6.92 Å².